The minimum Gasteiger partial charge on any atom is -0.480 e. The Bertz CT molecular complexity index is 1340. The third-order valence-electron chi connectivity index (χ3n) is 5.82. The molecule has 2 unspecified atom stereocenters. The summed E-state index contributed by atoms with van der Waals surface area (Å²) in [6.45, 7) is 7.81. The molecule has 0 spiro atoms. The lowest BCUT2D eigenvalue weighted by molar-refractivity contribution is -0.269. The van der Waals surface area contributed by atoms with E-state index in [0.29, 0.717) is 11.8 Å². The Labute approximate surface area is 241 Å². The second kappa shape index (κ2) is 12.8. The van der Waals surface area contributed by atoms with Gasteiger partial charge in [0.2, 0.25) is 11.5 Å². The van der Waals surface area contributed by atoms with Crippen LogP contribution in [0.2, 0.25) is 0 Å². The maximum absolute atomic E-state index is 14.0. The number of carboxylic acids is 1. The summed E-state index contributed by atoms with van der Waals surface area (Å²) in [5, 5.41) is 32.0. The number of carbonyl (C=O) groups is 2. The molecular weight excluding hydrogens is 585 g/mol. The molecule has 0 radical (unpaired) electrons. The van der Waals surface area contributed by atoms with Crippen molar-refractivity contribution in [3.8, 4) is 11.6 Å². The van der Waals surface area contributed by atoms with Crippen LogP contribution in [-0.2, 0) is 30.5 Å². The molecule has 0 aliphatic carbocycles. The van der Waals surface area contributed by atoms with E-state index in [-0.39, 0.29) is 11.6 Å². The fourth-order valence-corrected chi connectivity index (χ4v) is 4.92. The summed E-state index contributed by atoms with van der Waals surface area (Å²) in [5.74, 6) is -3.10. The number of alkyl carbamates (subject to hydrolysis) is 1. The molecule has 0 saturated heterocycles. The van der Waals surface area contributed by atoms with E-state index in [1.165, 1.54) is 12.1 Å². The van der Waals surface area contributed by atoms with E-state index in [2.05, 4.69) is 15.3 Å². The van der Waals surface area contributed by atoms with Crippen LogP contribution >= 0.6 is 0 Å². The molecule has 0 aliphatic rings. The van der Waals surface area contributed by atoms with Gasteiger partial charge in [0.1, 0.15) is 17.4 Å². The lowest BCUT2D eigenvalue weighted by Gasteiger charge is -2.30. The minimum absolute atomic E-state index is 0.194. The molecule has 1 amide bonds. The maximum Gasteiger partial charge on any atom is 0.423 e. The van der Waals surface area contributed by atoms with Gasteiger partial charge in [-0.25, -0.2) is 18.8 Å². The van der Waals surface area contributed by atoms with Crippen molar-refractivity contribution >= 4 is 21.8 Å². The van der Waals surface area contributed by atoms with E-state index in [9.17, 15) is 42.3 Å². The molecule has 0 fully saturated rings. The Morgan fingerprint density at radius 3 is 2.07 bits per heavy atom. The average Bonchev–Trinajstić information content (AvgIpc) is 2.83. The molecule has 2 rings (SSSR count). The van der Waals surface area contributed by atoms with Crippen molar-refractivity contribution < 1.29 is 51.8 Å². The summed E-state index contributed by atoms with van der Waals surface area (Å²) in [6.07, 6.45) is -6.64. The highest BCUT2D eigenvalue weighted by Crippen LogP contribution is 2.41. The van der Waals surface area contributed by atoms with E-state index in [1.807, 2.05) is 0 Å². The molecule has 0 aliphatic heterocycles. The number of rotatable bonds is 12. The second-order valence-corrected chi connectivity index (χ2v) is 13.5. The zero-order valence-corrected chi connectivity index (χ0v) is 24.5. The van der Waals surface area contributed by atoms with Gasteiger partial charge in [-0.1, -0.05) is 12.1 Å². The Kier molecular flexibility index (Phi) is 10.6. The number of amides is 1. The third-order valence-corrected chi connectivity index (χ3v) is 7.58. The second-order valence-electron chi connectivity index (χ2n) is 11.1. The van der Waals surface area contributed by atoms with Gasteiger partial charge < -0.3 is 30.1 Å². The first-order chi connectivity index (χ1) is 19.0. The van der Waals surface area contributed by atoms with E-state index >= 15 is 0 Å². The number of carboxylic acid groups (broad SMARTS) is 1. The van der Waals surface area contributed by atoms with Gasteiger partial charge in [0.25, 0.3) is 0 Å². The lowest BCUT2D eigenvalue weighted by Crippen LogP contribution is -2.45. The summed E-state index contributed by atoms with van der Waals surface area (Å²) in [6, 6.07) is 4.58. The topological polar surface area (TPSA) is 192 Å². The number of hydrogen-bond acceptors (Lipinski definition) is 10. The summed E-state index contributed by atoms with van der Waals surface area (Å²) in [7, 11) is -3.85. The molecule has 3 atom stereocenters. The molecule has 0 bridgehead atoms. The molecule has 0 saturated carbocycles. The van der Waals surface area contributed by atoms with E-state index in [0.717, 1.165) is 6.20 Å². The first-order valence-electron chi connectivity index (χ1n) is 12.6. The quantitative estimate of drug-likeness (QED) is 0.231. The number of nitrogens with zero attached hydrogens (tertiary/aromatic N) is 2. The molecule has 2 aromatic rings. The maximum atomic E-state index is 14.0. The van der Waals surface area contributed by atoms with Gasteiger partial charge in [0.15, 0.2) is 0 Å². The van der Waals surface area contributed by atoms with Crippen LogP contribution in [0.4, 0.5) is 18.0 Å². The van der Waals surface area contributed by atoms with Crippen LogP contribution in [0.15, 0.2) is 36.7 Å². The third kappa shape index (κ3) is 10.1. The van der Waals surface area contributed by atoms with E-state index < -0.39 is 80.9 Å². The summed E-state index contributed by atoms with van der Waals surface area (Å²) in [4.78, 5) is 30.8. The normalized spacial score (nSPS) is 16.0. The van der Waals surface area contributed by atoms with Gasteiger partial charge in [0, 0.05) is 27.7 Å². The van der Waals surface area contributed by atoms with Crippen LogP contribution < -0.4 is 10.1 Å². The molecule has 1 aromatic carbocycles. The molecule has 16 heteroatoms. The first kappa shape index (κ1) is 34.7. The Morgan fingerprint density at radius 1 is 1.02 bits per heavy atom. The van der Waals surface area contributed by atoms with Gasteiger partial charge in [-0.3, -0.25) is 9.76 Å². The Balaban J connectivity index is 2.12. The van der Waals surface area contributed by atoms with Gasteiger partial charge in [-0.2, -0.15) is 13.2 Å². The molecule has 5 N–H and O–H groups in total. The van der Waals surface area contributed by atoms with Crippen molar-refractivity contribution in [3.63, 3.8) is 0 Å². The van der Waals surface area contributed by atoms with Crippen LogP contribution in [0.1, 0.15) is 58.7 Å². The number of aliphatic carboxylic acids is 1. The number of carbonyl (C=O) groups excluding carboxylic acids is 1. The fraction of sp³-hybridized carbons (Fsp3) is 0.538. The summed E-state index contributed by atoms with van der Waals surface area (Å²) < 4.78 is 73.1. The van der Waals surface area contributed by atoms with Crippen molar-refractivity contribution in [2.45, 2.75) is 76.5 Å². The standard InChI is InChI=1S/C26H35F3N4O8S/c1-23(2,3)41-22(36)33-18(21(34)35)10-12-42(30,39)13-11-25(38,26(27,28)29)19-14-32-20(15-31-19)40-17-8-6-16(7-9-17)24(4,5)37/h6-9,14-15,18,30,37-38H,10-13H2,1-5H3,(H,33,36)(H,34,35)/t18-,25?,42?/m0/s1. The molecule has 42 heavy (non-hydrogen) atoms. The summed E-state index contributed by atoms with van der Waals surface area (Å²) >= 11 is 0. The minimum atomic E-state index is -5.30. The highest BCUT2D eigenvalue weighted by atomic mass is 32.2. The van der Waals surface area contributed by atoms with Crippen LogP contribution in [-0.4, -0.2) is 70.9 Å². The highest BCUT2D eigenvalue weighted by molar-refractivity contribution is 7.92. The van der Waals surface area contributed by atoms with Crippen LogP contribution in [0, 0.1) is 4.78 Å². The predicted molar refractivity (Wildman–Crippen MR) is 144 cm³/mol. The number of ether oxygens (including phenoxy) is 2. The highest BCUT2D eigenvalue weighted by Gasteiger charge is 2.56. The smallest absolute Gasteiger partial charge is 0.423 e. The predicted octanol–water partition coefficient (Wildman–Crippen LogP) is 4.05. The van der Waals surface area contributed by atoms with E-state index in [4.69, 9.17) is 14.3 Å². The lowest BCUT2D eigenvalue weighted by atomic mass is 9.96. The number of halogens is 3. The van der Waals surface area contributed by atoms with Crippen molar-refractivity contribution in [3.05, 3.63) is 47.9 Å². The number of alkyl halides is 3. The molecule has 1 heterocycles. The van der Waals surface area contributed by atoms with Crippen LogP contribution in [0.3, 0.4) is 0 Å². The Hall–Kier alpha value is -3.50. The SMILES string of the molecule is CC(C)(C)OC(=O)N[C@@H](CCS(=N)(=O)CCC(O)(c1cnc(Oc2ccc(C(C)(C)O)cc2)cn1)C(F)(F)F)C(=O)O. The summed E-state index contributed by atoms with van der Waals surface area (Å²) in [5.41, 5.74) is -5.99. The van der Waals surface area contributed by atoms with Gasteiger partial charge in [-0.15, -0.1) is 0 Å². The van der Waals surface area contributed by atoms with Gasteiger partial charge in [0.05, 0.1) is 23.7 Å². The van der Waals surface area contributed by atoms with Crippen molar-refractivity contribution in [1.29, 1.82) is 4.78 Å². The number of aromatic nitrogens is 2. The number of aliphatic hydroxyl groups is 2. The van der Waals surface area contributed by atoms with E-state index in [1.54, 1.807) is 46.8 Å². The average molecular weight is 621 g/mol. The van der Waals surface area contributed by atoms with Gasteiger partial charge in [-0.05, 0) is 58.7 Å². The first-order valence-corrected chi connectivity index (χ1v) is 14.5. The zero-order chi connectivity index (χ0) is 32.1. The number of nitrogens with one attached hydrogen (secondary N) is 2. The monoisotopic (exact) mass is 620 g/mol. The van der Waals surface area contributed by atoms with Crippen LogP contribution in [0.5, 0.6) is 11.6 Å². The largest absolute Gasteiger partial charge is 0.480 e. The Morgan fingerprint density at radius 2 is 1.62 bits per heavy atom. The van der Waals surface area contributed by atoms with Gasteiger partial charge >= 0.3 is 18.2 Å². The number of benzene rings is 1. The zero-order valence-electron chi connectivity index (χ0n) is 23.7. The van der Waals surface area contributed by atoms with Crippen LogP contribution in [0.25, 0.3) is 0 Å². The van der Waals surface area contributed by atoms with Crippen molar-refractivity contribution in [2.75, 3.05) is 11.5 Å². The van der Waals surface area contributed by atoms with Crippen molar-refractivity contribution in [1.82, 2.24) is 15.3 Å². The van der Waals surface area contributed by atoms with Crippen molar-refractivity contribution in [2.24, 2.45) is 0 Å². The number of hydrogen-bond donors (Lipinski definition) is 5. The molecule has 12 nitrogen and oxygen atoms in total. The molecular formula is C26H35F3N4O8S. The molecule has 1 aromatic heterocycles. The fourth-order valence-electron chi connectivity index (χ4n) is 3.48. The molecule has 234 valence electrons.